The first kappa shape index (κ1) is 29.6. The van der Waals surface area contributed by atoms with Gasteiger partial charge in [-0.3, -0.25) is 14.9 Å². The normalized spacial score (nSPS) is 23.9. The second kappa shape index (κ2) is 10.7. The van der Waals surface area contributed by atoms with Crippen molar-refractivity contribution in [3.05, 3.63) is 171 Å². The third kappa shape index (κ3) is 4.09. The molecule has 1 spiro atoms. The van der Waals surface area contributed by atoms with Crippen LogP contribution >= 0.6 is 0 Å². The highest BCUT2D eigenvalue weighted by Gasteiger charge is 2.73. The lowest BCUT2D eigenvalue weighted by Gasteiger charge is -2.49. The van der Waals surface area contributed by atoms with Crippen LogP contribution in [0.2, 0.25) is 0 Å². The zero-order chi connectivity index (χ0) is 33.5. The van der Waals surface area contributed by atoms with Crippen molar-refractivity contribution < 1.29 is 19.2 Å². The van der Waals surface area contributed by atoms with E-state index in [0.29, 0.717) is 52.3 Å². The van der Waals surface area contributed by atoms with Crippen molar-refractivity contribution in [1.29, 1.82) is 0 Å². The molecule has 1 aliphatic heterocycles. The minimum absolute atomic E-state index is 0.192. The van der Waals surface area contributed by atoms with Gasteiger partial charge in [-0.25, -0.2) is 0 Å². The van der Waals surface area contributed by atoms with E-state index in [1.807, 2.05) is 122 Å². The molecule has 7 nitrogen and oxygen atoms in total. The van der Waals surface area contributed by atoms with Gasteiger partial charge in [0.15, 0.2) is 5.60 Å². The number of carbonyl (C=O) groups excluding carboxylic acids is 1. The van der Waals surface area contributed by atoms with Gasteiger partial charge in [0.2, 0.25) is 5.91 Å². The molecule has 2 aliphatic carbocycles. The summed E-state index contributed by atoms with van der Waals surface area (Å²) in [5, 5.41) is 28.5. The molecule has 6 aromatic rings. The molecular formula is C42H34N2O5. The van der Waals surface area contributed by atoms with Crippen molar-refractivity contribution in [2.45, 2.75) is 55.7 Å². The number of furan rings is 1. The maximum absolute atomic E-state index is 15.8. The second-order valence-electron chi connectivity index (χ2n) is 13.8. The van der Waals surface area contributed by atoms with E-state index < -0.39 is 23.0 Å². The van der Waals surface area contributed by atoms with Crippen molar-refractivity contribution >= 4 is 22.4 Å². The van der Waals surface area contributed by atoms with Gasteiger partial charge in [-0.15, -0.1) is 0 Å². The summed E-state index contributed by atoms with van der Waals surface area (Å²) in [5.74, 6) is -0.294. The third-order valence-electron chi connectivity index (χ3n) is 11.1. The van der Waals surface area contributed by atoms with E-state index in [4.69, 9.17) is 4.42 Å². The molecule has 0 saturated carbocycles. The van der Waals surface area contributed by atoms with Gasteiger partial charge in [0.1, 0.15) is 16.9 Å². The number of hydrogen-bond acceptors (Lipinski definition) is 5. The Morgan fingerprint density at radius 1 is 0.878 bits per heavy atom. The molecule has 9 rings (SSSR count). The number of carbonyl (C=O) groups is 1. The van der Waals surface area contributed by atoms with Crippen LogP contribution in [0.4, 0.5) is 5.69 Å². The van der Waals surface area contributed by atoms with Gasteiger partial charge in [-0.2, -0.15) is 0 Å². The number of aliphatic hydroxyl groups is 1. The van der Waals surface area contributed by atoms with Gasteiger partial charge in [-0.1, -0.05) is 115 Å². The van der Waals surface area contributed by atoms with Crippen LogP contribution < -0.4 is 4.90 Å². The Hall–Kier alpha value is -5.53. The van der Waals surface area contributed by atoms with Crippen LogP contribution in [0.5, 0.6) is 0 Å². The molecule has 0 saturated heterocycles. The molecule has 1 amide bonds. The van der Waals surface area contributed by atoms with Crippen LogP contribution in [0.25, 0.3) is 22.1 Å². The second-order valence-corrected chi connectivity index (χ2v) is 13.8. The SMILES string of the molecule is Cc1ccc([C@@H]2[C@@H]([N+](=O)[O-])[C@]3(O)CCCc4oc(-c5ccc6ccccc6c5)c(c43)[C@]23C(=O)N(Cc2ccccc2)c2ccccc23)cc1. The van der Waals surface area contributed by atoms with Crippen molar-refractivity contribution in [2.24, 2.45) is 0 Å². The fourth-order valence-corrected chi connectivity index (χ4v) is 9.08. The Balaban J connectivity index is 1.42. The van der Waals surface area contributed by atoms with Crippen LogP contribution in [-0.4, -0.2) is 22.0 Å². The Kier molecular flexibility index (Phi) is 6.49. The van der Waals surface area contributed by atoms with Gasteiger partial charge < -0.3 is 14.4 Å². The average molecular weight is 647 g/mol. The standard InChI is InChI=1S/C42H34N2O5/c1-26-17-19-29(20-18-26)35-39(44(47)48)41(46)23-9-16-34-36(41)37(38(49-34)31-22-21-28-12-5-6-13-30(28)24-31)42(35)32-14-7-8-15-33(32)43(40(42)45)25-27-10-3-2-4-11-27/h2-8,10-15,17-22,24,35,39,46H,9,16,23,25H2,1H3/t35-,39-,41+,42-/m1/s1. The first-order valence-corrected chi connectivity index (χ1v) is 16.9. The van der Waals surface area contributed by atoms with Gasteiger partial charge in [0, 0.05) is 33.7 Å². The average Bonchev–Trinajstić information content (AvgIpc) is 3.62. The number of para-hydroxylation sites is 1. The van der Waals surface area contributed by atoms with E-state index in [9.17, 15) is 15.2 Å². The number of nitrogens with zero attached hydrogens (tertiary/aromatic N) is 2. The summed E-state index contributed by atoms with van der Waals surface area (Å²) in [4.78, 5) is 30.8. The first-order chi connectivity index (χ1) is 23.8. The molecule has 3 aliphatic rings. The highest BCUT2D eigenvalue weighted by Crippen LogP contribution is 2.66. The molecule has 242 valence electrons. The van der Waals surface area contributed by atoms with Gasteiger partial charge >= 0.3 is 0 Å². The Labute approximate surface area is 283 Å². The third-order valence-corrected chi connectivity index (χ3v) is 11.1. The highest BCUT2D eigenvalue weighted by atomic mass is 16.6. The van der Waals surface area contributed by atoms with E-state index in [2.05, 4.69) is 6.07 Å². The van der Waals surface area contributed by atoms with E-state index in [1.165, 1.54) is 0 Å². The minimum Gasteiger partial charge on any atom is -0.460 e. The Morgan fingerprint density at radius 3 is 2.37 bits per heavy atom. The zero-order valence-electron chi connectivity index (χ0n) is 27.0. The number of amides is 1. The maximum Gasteiger partial charge on any atom is 0.254 e. The molecule has 0 unspecified atom stereocenters. The number of hydrogen-bond donors (Lipinski definition) is 1. The number of nitro groups is 1. The van der Waals surface area contributed by atoms with Gasteiger partial charge in [0.05, 0.1) is 12.5 Å². The smallest absolute Gasteiger partial charge is 0.254 e. The molecule has 5 aromatic carbocycles. The lowest BCUT2D eigenvalue weighted by Crippen LogP contribution is -2.62. The van der Waals surface area contributed by atoms with Crippen LogP contribution in [0, 0.1) is 17.0 Å². The lowest BCUT2D eigenvalue weighted by atomic mass is 9.51. The van der Waals surface area contributed by atoms with Crippen molar-refractivity contribution in [3.63, 3.8) is 0 Å². The summed E-state index contributed by atoms with van der Waals surface area (Å²) in [5.41, 5.74) is 2.27. The molecule has 2 heterocycles. The number of aryl methyl sites for hydroxylation is 2. The van der Waals surface area contributed by atoms with Gasteiger partial charge in [-0.05, 0) is 59.4 Å². The largest absolute Gasteiger partial charge is 0.460 e. The van der Waals surface area contributed by atoms with Crippen molar-refractivity contribution in [3.8, 4) is 11.3 Å². The molecular weight excluding hydrogens is 612 g/mol. The van der Waals surface area contributed by atoms with Crippen LogP contribution in [0.15, 0.2) is 126 Å². The van der Waals surface area contributed by atoms with Crippen molar-refractivity contribution in [1.82, 2.24) is 0 Å². The highest BCUT2D eigenvalue weighted by molar-refractivity contribution is 6.13. The van der Waals surface area contributed by atoms with Gasteiger partial charge in [0.25, 0.3) is 6.04 Å². The molecule has 49 heavy (non-hydrogen) atoms. The Bertz CT molecular complexity index is 2290. The molecule has 1 N–H and O–H groups in total. The summed E-state index contributed by atoms with van der Waals surface area (Å²) >= 11 is 0. The summed E-state index contributed by atoms with van der Waals surface area (Å²) in [6.45, 7) is 2.26. The minimum atomic E-state index is -1.85. The summed E-state index contributed by atoms with van der Waals surface area (Å²) in [6, 6.07) is 37.7. The number of benzene rings is 5. The molecule has 4 atom stereocenters. The monoisotopic (exact) mass is 646 g/mol. The lowest BCUT2D eigenvalue weighted by molar-refractivity contribution is -0.556. The van der Waals surface area contributed by atoms with E-state index >= 15 is 4.79 Å². The summed E-state index contributed by atoms with van der Waals surface area (Å²) < 4.78 is 6.82. The van der Waals surface area contributed by atoms with E-state index in [1.54, 1.807) is 4.90 Å². The molecule has 7 heteroatoms. The topological polar surface area (TPSA) is 96.8 Å². The first-order valence-electron chi connectivity index (χ1n) is 16.9. The fraction of sp³-hybridized carbons (Fsp3) is 0.214. The van der Waals surface area contributed by atoms with Crippen LogP contribution in [-0.2, 0) is 28.8 Å². The fourth-order valence-electron chi connectivity index (χ4n) is 9.08. The number of fused-ring (bicyclic) bond motifs is 4. The maximum atomic E-state index is 15.8. The predicted octanol–water partition coefficient (Wildman–Crippen LogP) is 8.21. The Morgan fingerprint density at radius 2 is 1.59 bits per heavy atom. The molecule has 0 radical (unpaired) electrons. The molecule has 0 bridgehead atoms. The van der Waals surface area contributed by atoms with Crippen LogP contribution in [0.1, 0.15) is 57.9 Å². The van der Waals surface area contributed by atoms with E-state index in [0.717, 1.165) is 27.5 Å². The molecule has 1 aromatic heterocycles. The zero-order valence-corrected chi connectivity index (χ0v) is 27.0. The van der Waals surface area contributed by atoms with Crippen LogP contribution in [0.3, 0.4) is 0 Å². The predicted molar refractivity (Wildman–Crippen MR) is 188 cm³/mol. The summed E-state index contributed by atoms with van der Waals surface area (Å²) in [7, 11) is 0. The number of rotatable bonds is 5. The summed E-state index contributed by atoms with van der Waals surface area (Å²) in [6.07, 6.45) is 1.23. The van der Waals surface area contributed by atoms with E-state index in [-0.39, 0.29) is 23.8 Å². The van der Waals surface area contributed by atoms with Crippen molar-refractivity contribution in [2.75, 3.05) is 4.90 Å². The number of anilines is 1. The molecule has 0 fully saturated rings. The quantitative estimate of drug-likeness (QED) is 0.150.